The van der Waals surface area contributed by atoms with Crippen molar-refractivity contribution in [2.45, 2.75) is 57.4 Å². The maximum Gasteiger partial charge on any atom is 0.0323 e. The molecule has 1 aliphatic heterocycles. The molecule has 0 bridgehead atoms. The Kier molecular flexibility index (Phi) is 4.66. The summed E-state index contributed by atoms with van der Waals surface area (Å²) in [6, 6.07) is 9.60. The van der Waals surface area contributed by atoms with Gasteiger partial charge >= 0.3 is 0 Å². The number of rotatable bonds is 5. The highest BCUT2D eigenvalue weighted by molar-refractivity contribution is 5.38. The Morgan fingerprint density at radius 2 is 1.95 bits per heavy atom. The molecule has 2 nitrogen and oxygen atoms in total. The summed E-state index contributed by atoms with van der Waals surface area (Å²) in [6.45, 7) is 9.83. The van der Waals surface area contributed by atoms with Gasteiger partial charge in [-0.3, -0.25) is 0 Å². The number of hydrogen-bond donors (Lipinski definition) is 1. The van der Waals surface area contributed by atoms with Crippen molar-refractivity contribution in [3.63, 3.8) is 0 Å². The molecule has 1 unspecified atom stereocenters. The first-order valence-electron chi connectivity index (χ1n) is 8.72. The zero-order valence-corrected chi connectivity index (χ0v) is 13.7. The first-order valence-corrected chi connectivity index (χ1v) is 8.72. The third-order valence-electron chi connectivity index (χ3n) is 5.36. The maximum atomic E-state index is 3.81. The van der Waals surface area contributed by atoms with E-state index >= 15 is 0 Å². The summed E-state index contributed by atoms with van der Waals surface area (Å²) in [5, 5.41) is 3.81. The van der Waals surface area contributed by atoms with Crippen LogP contribution in [0.25, 0.3) is 0 Å². The van der Waals surface area contributed by atoms with Crippen LogP contribution in [-0.2, 0) is 5.41 Å². The number of hydrogen-bond acceptors (Lipinski definition) is 2. The van der Waals surface area contributed by atoms with Crippen molar-refractivity contribution >= 4 is 0 Å². The van der Waals surface area contributed by atoms with Crippen molar-refractivity contribution in [1.82, 2.24) is 10.2 Å². The lowest BCUT2D eigenvalue weighted by atomic mass is 9.71. The Labute approximate surface area is 129 Å². The van der Waals surface area contributed by atoms with E-state index in [2.05, 4.69) is 48.3 Å². The summed E-state index contributed by atoms with van der Waals surface area (Å²) >= 11 is 0. The second kappa shape index (κ2) is 6.50. The van der Waals surface area contributed by atoms with Gasteiger partial charge in [-0.15, -0.1) is 0 Å². The zero-order chi connectivity index (χ0) is 14.7. The molecule has 1 saturated heterocycles. The molecule has 0 saturated carbocycles. The van der Waals surface area contributed by atoms with E-state index in [1.807, 2.05) is 0 Å². The number of nitrogens with zero attached hydrogens (tertiary/aromatic N) is 1. The standard InChI is InChI=1S/C19H30N2/c1-19(2)11-10-18(16-8-3-4-9-17(16)19)20-12-7-15-21-13-5-6-14-21/h3-4,8-9,18,20H,5-7,10-15H2,1-2H3. The summed E-state index contributed by atoms with van der Waals surface area (Å²) in [6.07, 6.45) is 6.64. The molecule has 0 amide bonds. The Bertz CT molecular complexity index is 460. The molecule has 3 rings (SSSR count). The minimum Gasteiger partial charge on any atom is -0.310 e. The summed E-state index contributed by atoms with van der Waals surface area (Å²) in [5.41, 5.74) is 3.42. The Morgan fingerprint density at radius 1 is 1.19 bits per heavy atom. The first-order chi connectivity index (χ1) is 10.2. The van der Waals surface area contributed by atoms with Crippen LogP contribution in [-0.4, -0.2) is 31.1 Å². The van der Waals surface area contributed by atoms with Crippen molar-refractivity contribution in [1.29, 1.82) is 0 Å². The van der Waals surface area contributed by atoms with Crippen molar-refractivity contribution in [2.24, 2.45) is 0 Å². The fraction of sp³-hybridized carbons (Fsp3) is 0.684. The molecule has 1 fully saturated rings. The molecule has 1 heterocycles. The van der Waals surface area contributed by atoms with Gasteiger partial charge in [0.15, 0.2) is 0 Å². The quantitative estimate of drug-likeness (QED) is 0.827. The summed E-state index contributed by atoms with van der Waals surface area (Å²) in [7, 11) is 0. The van der Waals surface area contributed by atoms with Gasteiger partial charge in [0.05, 0.1) is 0 Å². The average Bonchev–Trinajstić information content (AvgIpc) is 2.99. The molecule has 1 atom stereocenters. The van der Waals surface area contributed by atoms with Gasteiger partial charge in [0.25, 0.3) is 0 Å². The van der Waals surface area contributed by atoms with E-state index in [0.717, 1.165) is 6.54 Å². The van der Waals surface area contributed by atoms with E-state index in [1.165, 1.54) is 57.3 Å². The molecule has 1 aromatic rings. The van der Waals surface area contributed by atoms with Crippen LogP contribution in [0.5, 0.6) is 0 Å². The molecule has 116 valence electrons. The third kappa shape index (κ3) is 3.49. The van der Waals surface area contributed by atoms with Crippen LogP contribution in [0.1, 0.15) is 63.1 Å². The van der Waals surface area contributed by atoms with Crippen LogP contribution in [0, 0.1) is 0 Å². The molecule has 0 radical (unpaired) electrons. The second-order valence-electron chi connectivity index (χ2n) is 7.42. The summed E-state index contributed by atoms with van der Waals surface area (Å²) in [5.74, 6) is 0. The highest BCUT2D eigenvalue weighted by Gasteiger charge is 2.31. The van der Waals surface area contributed by atoms with Crippen molar-refractivity contribution in [2.75, 3.05) is 26.2 Å². The van der Waals surface area contributed by atoms with Crippen LogP contribution in [0.15, 0.2) is 24.3 Å². The molecule has 1 aliphatic carbocycles. The van der Waals surface area contributed by atoms with Gasteiger partial charge in [0.1, 0.15) is 0 Å². The lowest BCUT2D eigenvalue weighted by Gasteiger charge is -2.37. The van der Waals surface area contributed by atoms with E-state index in [-0.39, 0.29) is 0 Å². The van der Waals surface area contributed by atoms with E-state index in [1.54, 1.807) is 5.56 Å². The van der Waals surface area contributed by atoms with Gasteiger partial charge in [-0.2, -0.15) is 0 Å². The molecule has 0 aromatic heterocycles. The lowest BCUT2D eigenvalue weighted by molar-refractivity contribution is 0.316. The summed E-state index contributed by atoms with van der Waals surface area (Å²) < 4.78 is 0. The smallest absolute Gasteiger partial charge is 0.0323 e. The SMILES string of the molecule is CC1(C)CCC(NCCCN2CCCC2)c2ccccc21. The molecule has 2 aliphatic rings. The van der Waals surface area contributed by atoms with E-state index in [4.69, 9.17) is 0 Å². The predicted molar refractivity (Wildman–Crippen MR) is 89.7 cm³/mol. The second-order valence-corrected chi connectivity index (χ2v) is 7.42. The van der Waals surface area contributed by atoms with E-state index in [9.17, 15) is 0 Å². The Balaban J connectivity index is 1.54. The largest absolute Gasteiger partial charge is 0.310 e. The van der Waals surface area contributed by atoms with Gasteiger partial charge in [0.2, 0.25) is 0 Å². The molecule has 0 spiro atoms. The van der Waals surface area contributed by atoms with Crippen molar-refractivity contribution < 1.29 is 0 Å². The first kappa shape index (κ1) is 15.1. The summed E-state index contributed by atoms with van der Waals surface area (Å²) in [4.78, 5) is 2.61. The van der Waals surface area contributed by atoms with Crippen LogP contribution in [0.2, 0.25) is 0 Å². The van der Waals surface area contributed by atoms with Crippen molar-refractivity contribution in [3.05, 3.63) is 35.4 Å². The van der Waals surface area contributed by atoms with Gasteiger partial charge < -0.3 is 10.2 Å². The minimum absolute atomic E-state index is 0.338. The lowest BCUT2D eigenvalue weighted by Crippen LogP contribution is -2.34. The normalized spacial score (nSPS) is 25.0. The van der Waals surface area contributed by atoms with Gasteiger partial charge in [-0.1, -0.05) is 38.1 Å². The Morgan fingerprint density at radius 3 is 2.76 bits per heavy atom. The third-order valence-corrected chi connectivity index (χ3v) is 5.36. The molecule has 21 heavy (non-hydrogen) atoms. The average molecular weight is 286 g/mol. The van der Waals surface area contributed by atoms with Crippen LogP contribution < -0.4 is 5.32 Å². The van der Waals surface area contributed by atoms with Crippen LogP contribution in [0.4, 0.5) is 0 Å². The molecular weight excluding hydrogens is 256 g/mol. The number of fused-ring (bicyclic) bond motifs is 1. The monoisotopic (exact) mass is 286 g/mol. The highest BCUT2D eigenvalue weighted by Crippen LogP contribution is 2.41. The fourth-order valence-electron chi connectivity index (χ4n) is 4.01. The van der Waals surface area contributed by atoms with E-state index in [0.29, 0.717) is 11.5 Å². The molecular formula is C19H30N2. The van der Waals surface area contributed by atoms with Gasteiger partial charge in [-0.05, 0) is 74.8 Å². The Hall–Kier alpha value is -0.860. The maximum absolute atomic E-state index is 3.81. The number of likely N-dealkylation sites (tertiary alicyclic amines) is 1. The predicted octanol–water partition coefficient (Wildman–Crippen LogP) is 3.87. The fourth-order valence-corrected chi connectivity index (χ4v) is 4.01. The number of nitrogens with one attached hydrogen (secondary N) is 1. The molecule has 1 aromatic carbocycles. The van der Waals surface area contributed by atoms with Gasteiger partial charge in [0, 0.05) is 6.04 Å². The van der Waals surface area contributed by atoms with Crippen molar-refractivity contribution in [3.8, 4) is 0 Å². The van der Waals surface area contributed by atoms with Gasteiger partial charge in [-0.25, -0.2) is 0 Å². The van der Waals surface area contributed by atoms with Crippen LogP contribution in [0.3, 0.4) is 0 Å². The highest BCUT2D eigenvalue weighted by atomic mass is 15.1. The van der Waals surface area contributed by atoms with Crippen LogP contribution >= 0.6 is 0 Å². The zero-order valence-electron chi connectivity index (χ0n) is 13.7. The molecule has 1 N–H and O–H groups in total. The topological polar surface area (TPSA) is 15.3 Å². The minimum atomic E-state index is 0.338. The number of benzene rings is 1. The molecule has 2 heteroatoms. The van der Waals surface area contributed by atoms with E-state index < -0.39 is 0 Å².